The number of amidine groups is 1. The molecule has 2 heterocycles. The molecule has 0 atom stereocenters. The van der Waals surface area contributed by atoms with Crippen molar-refractivity contribution < 1.29 is 9.59 Å². The molecule has 0 saturated carbocycles. The molecule has 1 aromatic heterocycles. The molecule has 158 valence electrons. The largest absolute Gasteiger partial charge is 0.337 e. The fraction of sp³-hybridized carbons (Fsp3) is 0.208. The van der Waals surface area contributed by atoms with Crippen molar-refractivity contribution in [2.24, 2.45) is 4.99 Å². The van der Waals surface area contributed by atoms with Gasteiger partial charge in [-0.1, -0.05) is 36.4 Å². The number of likely N-dealkylation sites (N-methyl/N-ethyl adjacent to an activating group) is 1. The molecule has 0 aliphatic carbocycles. The second kappa shape index (κ2) is 9.22. The minimum Gasteiger partial charge on any atom is -0.337 e. The van der Waals surface area contributed by atoms with Crippen molar-refractivity contribution in [2.75, 3.05) is 18.4 Å². The van der Waals surface area contributed by atoms with Crippen molar-refractivity contribution in [2.45, 2.75) is 20.4 Å². The number of nitrogens with one attached hydrogen (secondary N) is 1. The highest BCUT2D eigenvalue weighted by molar-refractivity contribution is 8.18. The van der Waals surface area contributed by atoms with Crippen LogP contribution in [0.15, 0.2) is 70.7 Å². The van der Waals surface area contributed by atoms with Crippen LogP contribution in [-0.2, 0) is 16.1 Å². The predicted octanol–water partition coefficient (Wildman–Crippen LogP) is 4.59. The third-order valence-corrected chi connectivity index (χ3v) is 6.02. The second-order valence-corrected chi connectivity index (χ2v) is 8.07. The molecule has 31 heavy (non-hydrogen) atoms. The number of anilines is 1. The van der Waals surface area contributed by atoms with Gasteiger partial charge < -0.3 is 9.88 Å². The number of carbonyl (C=O) groups is 2. The number of benzene rings is 2. The summed E-state index contributed by atoms with van der Waals surface area (Å²) in [6.45, 7) is 5.31. The fourth-order valence-corrected chi connectivity index (χ4v) is 4.67. The molecule has 1 fully saturated rings. The lowest BCUT2D eigenvalue weighted by Crippen LogP contribution is -2.28. The summed E-state index contributed by atoms with van der Waals surface area (Å²) in [7, 11) is 0. The van der Waals surface area contributed by atoms with Gasteiger partial charge in [0.2, 0.25) is 5.91 Å². The van der Waals surface area contributed by atoms with E-state index >= 15 is 0 Å². The molecule has 6 nitrogen and oxygen atoms in total. The van der Waals surface area contributed by atoms with E-state index in [1.54, 1.807) is 4.90 Å². The van der Waals surface area contributed by atoms with Crippen molar-refractivity contribution >= 4 is 51.4 Å². The van der Waals surface area contributed by atoms with Crippen LogP contribution in [0.25, 0.3) is 17.0 Å². The summed E-state index contributed by atoms with van der Waals surface area (Å²) in [6, 6.07) is 17.3. The van der Waals surface area contributed by atoms with E-state index in [-0.39, 0.29) is 18.4 Å². The second-order valence-electron chi connectivity index (χ2n) is 7.06. The quantitative estimate of drug-likeness (QED) is 0.579. The van der Waals surface area contributed by atoms with E-state index in [0.29, 0.717) is 18.0 Å². The van der Waals surface area contributed by atoms with Crippen LogP contribution in [0.3, 0.4) is 0 Å². The molecule has 1 aliphatic heterocycles. The third kappa shape index (κ3) is 4.41. The Labute approximate surface area is 185 Å². The Bertz CT molecular complexity index is 1180. The van der Waals surface area contributed by atoms with Gasteiger partial charge in [0.05, 0.1) is 4.91 Å². The summed E-state index contributed by atoms with van der Waals surface area (Å²) in [6.07, 6.45) is 3.84. The third-order valence-electron chi connectivity index (χ3n) is 4.98. The maximum absolute atomic E-state index is 12.8. The Morgan fingerprint density at radius 2 is 1.84 bits per heavy atom. The summed E-state index contributed by atoms with van der Waals surface area (Å²) in [4.78, 5) is 32.2. The van der Waals surface area contributed by atoms with Gasteiger partial charge in [-0.3, -0.25) is 19.5 Å². The summed E-state index contributed by atoms with van der Waals surface area (Å²) >= 11 is 1.40. The van der Waals surface area contributed by atoms with E-state index in [9.17, 15) is 9.59 Å². The molecule has 4 rings (SSSR count). The molecule has 3 aromatic rings. The molecule has 1 N–H and O–H groups in total. The van der Waals surface area contributed by atoms with E-state index in [0.717, 1.165) is 27.3 Å². The highest BCUT2D eigenvalue weighted by atomic mass is 32.2. The first kappa shape index (κ1) is 20.9. The van der Waals surface area contributed by atoms with Crippen LogP contribution in [0.5, 0.6) is 0 Å². The number of para-hydroxylation sites is 2. The Hall–Kier alpha value is -3.32. The number of fused-ring (bicyclic) bond motifs is 1. The fourth-order valence-electron chi connectivity index (χ4n) is 3.58. The molecule has 0 unspecified atom stereocenters. The van der Waals surface area contributed by atoms with Crippen LogP contribution in [-0.4, -0.2) is 39.5 Å². The van der Waals surface area contributed by atoms with Crippen molar-refractivity contribution in [1.29, 1.82) is 0 Å². The molecule has 0 spiro atoms. The van der Waals surface area contributed by atoms with E-state index in [2.05, 4.69) is 10.3 Å². The van der Waals surface area contributed by atoms with Crippen LogP contribution in [0.1, 0.15) is 19.4 Å². The maximum atomic E-state index is 12.8. The molecule has 1 saturated heterocycles. The number of aromatic nitrogens is 1. The van der Waals surface area contributed by atoms with Crippen molar-refractivity contribution in [3.8, 4) is 0 Å². The lowest BCUT2D eigenvalue weighted by atomic mass is 10.1. The number of carbonyl (C=O) groups excluding carboxylic acids is 2. The van der Waals surface area contributed by atoms with Gasteiger partial charge >= 0.3 is 0 Å². The lowest BCUT2D eigenvalue weighted by molar-refractivity contribution is -0.122. The van der Waals surface area contributed by atoms with Crippen LogP contribution in [0.2, 0.25) is 0 Å². The van der Waals surface area contributed by atoms with E-state index < -0.39 is 0 Å². The Morgan fingerprint density at radius 1 is 1.10 bits per heavy atom. The highest BCUT2D eigenvalue weighted by Gasteiger charge is 2.32. The van der Waals surface area contributed by atoms with Crippen molar-refractivity contribution in [3.63, 3.8) is 0 Å². The summed E-state index contributed by atoms with van der Waals surface area (Å²) in [5.41, 5.74) is 2.62. The van der Waals surface area contributed by atoms with Gasteiger partial charge in [-0.2, -0.15) is 0 Å². The van der Waals surface area contributed by atoms with Gasteiger partial charge in [0.25, 0.3) is 5.91 Å². The first-order valence-electron chi connectivity index (χ1n) is 10.3. The summed E-state index contributed by atoms with van der Waals surface area (Å²) < 4.78 is 1.92. The van der Waals surface area contributed by atoms with Crippen LogP contribution in [0, 0.1) is 0 Å². The van der Waals surface area contributed by atoms with Gasteiger partial charge in [-0.25, -0.2) is 0 Å². The topological polar surface area (TPSA) is 66.7 Å². The van der Waals surface area contributed by atoms with E-state index in [4.69, 9.17) is 0 Å². The van der Waals surface area contributed by atoms with Crippen LogP contribution >= 0.6 is 11.8 Å². The van der Waals surface area contributed by atoms with Gasteiger partial charge in [0, 0.05) is 41.4 Å². The number of hydrogen-bond donors (Lipinski definition) is 1. The number of nitrogens with zero attached hydrogens (tertiary/aromatic N) is 3. The van der Waals surface area contributed by atoms with Gasteiger partial charge in [0.1, 0.15) is 6.54 Å². The zero-order valence-electron chi connectivity index (χ0n) is 17.5. The number of amides is 2. The number of hydrogen-bond acceptors (Lipinski definition) is 4. The average Bonchev–Trinajstić information content (AvgIpc) is 3.26. The Balaban J connectivity index is 1.64. The Morgan fingerprint density at radius 3 is 2.58 bits per heavy atom. The predicted molar refractivity (Wildman–Crippen MR) is 128 cm³/mol. The van der Waals surface area contributed by atoms with E-state index in [1.807, 2.05) is 85.3 Å². The molecule has 0 bridgehead atoms. The first-order chi connectivity index (χ1) is 15.1. The van der Waals surface area contributed by atoms with Gasteiger partial charge in [0.15, 0.2) is 5.17 Å². The molecular weight excluding hydrogens is 408 g/mol. The van der Waals surface area contributed by atoms with Gasteiger partial charge in [-0.05, 0) is 49.9 Å². The smallest absolute Gasteiger partial charge is 0.266 e. The standard InChI is InChI=1S/C24H24N4O2S/c1-3-25-24-28(4-2)23(30)21(31-24)14-17-15-27(20-13-9-8-12-19(17)20)16-22(29)26-18-10-6-5-7-11-18/h5-15H,3-4,16H2,1-2H3,(H,26,29)/b21-14+,25-24?. The van der Waals surface area contributed by atoms with Crippen LogP contribution in [0.4, 0.5) is 5.69 Å². The van der Waals surface area contributed by atoms with Crippen molar-refractivity contribution in [3.05, 3.63) is 71.3 Å². The van der Waals surface area contributed by atoms with Crippen LogP contribution < -0.4 is 5.32 Å². The lowest BCUT2D eigenvalue weighted by Gasteiger charge is -2.11. The molecule has 2 amide bonds. The van der Waals surface area contributed by atoms with E-state index in [1.165, 1.54) is 11.8 Å². The molecule has 1 aliphatic rings. The number of thioether (sulfide) groups is 1. The molecular formula is C24H24N4O2S. The first-order valence-corrected chi connectivity index (χ1v) is 11.1. The zero-order chi connectivity index (χ0) is 21.8. The average molecular weight is 433 g/mol. The van der Waals surface area contributed by atoms with Crippen molar-refractivity contribution in [1.82, 2.24) is 9.47 Å². The maximum Gasteiger partial charge on any atom is 0.266 e. The molecule has 0 radical (unpaired) electrons. The van der Waals surface area contributed by atoms with Gasteiger partial charge in [-0.15, -0.1) is 0 Å². The zero-order valence-corrected chi connectivity index (χ0v) is 18.4. The summed E-state index contributed by atoms with van der Waals surface area (Å²) in [5, 5.41) is 4.66. The summed E-state index contributed by atoms with van der Waals surface area (Å²) in [5.74, 6) is -0.134. The molecule has 7 heteroatoms. The minimum atomic E-state index is -0.105. The Kier molecular flexibility index (Phi) is 6.23. The minimum absolute atomic E-state index is 0.0293. The monoisotopic (exact) mass is 432 g/mol. The SMILES string of the molecule is CCN=C1S/C(=C/c2cn(CC(=O)Nc3ccccc3)c3ccccc23)C(=O)N1CC. The highest BCUT2D eigenvalue weighted by Crippen LogP contribution is 2.34. The normalized spacial score (nSPS) is 16.6. The molecule has 2 aromatic carbocycles. The number of rotatable bonds is 6. The number of aliphatic imine (C=N–C) groups is 1.